The smallest absolute Gasteiger partial charge is 0.253 e. The molecular formula is C16H23N3O2. The van der Waals surface area contributed by atoms with Crippen LogP contribution in [0.2, 0.25) is 0 Å². The van der Waals surface area contributed by atoms with Crippen LogP contribution in [0.5, 0.6) is 0 Å². The summed E-state index contributed by atoms with van der Waals surface area (Å²) in [6, 6.07) is 3.77. The van der Waals surface area contributed by atoms with Crippen molar-refractivity contribution in [3.05, 3.63) is 36.5 Å². The van der Waals surface area contributed by atoms with Crippen LogP contribution in [0.15, 0.2) is 31.0 Å². The van der Waals surface area contributed by atoms with E-state index >= 15 is 0 Å². The van der Waals surface area contributed by atoms with Gasteiger partial charge in [-0.2, -0.15) is 0 Å². The van der Waals surface area contributed by atoms with Crippen LogP contribution < -0.4 is 10.6 Å². The highest BCUT2D eigenvalue weighted by Gasteiger charge is 2.38. The Kier molecular flexibility index (Phi) is 4.96. The van der Waals surface area contributed by atoms with Crippen molar-refractivity contribution < 1.29 is 9.90 Å². The predicted octanol–water partition coefficient (Wildman–Crippen LogP) is 1.96. The van der Waals surface area contributed by atoms with Crippen molar-refractivity contribution in [2.24, 2.45) is 5.41 Å². The number of hydrogen-bond acceptors (Lipinski definition) is 4. The van der Waals surface area contributed by atoms with Crippen molar-refractivity contribution in [2.75, 3.05) is 18.5 Å². The highest BCUT2D eigenvalue weighted by Crippen LogP contribution is 2.38. The second-order valence-electron chi connectivity index (χ2n) is 5.83. The molecule has 0 bridgehead atoms. The molecule has 1 aromatic rings. The van der Waals surface area contributed by atoms with E-state index in [-0.39, 0.29) is 24.0 Å². The van der Waals surface area contributed by atoms with Crippen LogP contribution in [0, 0.1) is 5.41 Å². The Morgan fingerprint density at radius 1 is 1.62 bits per heavy atom. The Labute approximate surface area is 125 Å². The number of aliphatic hydroxyl groups excluding tert-OH is 1. The van der Waals surface area contributed by atoms with Crippen LogP contribution in [0.1, 0.15) is 36.5 Å². The van der Waals surface area contributed by atoms with Gasteiger partial charge in [0.05, 0.1) is 12.2 Å². The zero-order valence-corrected chi connectivity index (χ0v) is 12.4. The van der Waals surface area contributed by atoms with Crippen molar-refractivity contribution in [1.29, 1.82) is 0 Å². The van der Waals surface area contributed by atoms with E-state index in [1.807, 2.05) is 0 Å². The molecule has 5 nitrogen and oxygen atoms in total. The quantitative estimate of drug-likeness (QED) is 0.700. The van der Waals surface area contributed by atoms with Crippen LogP contribution >= 0.6 is 0 Å². The first-order chi connectivity index (χ1) is 10.1. The van der Waals surface area contributed by atoms with Crippen LogP contribution in [0.3, 0.4) is 0 Å². The lowest BCUT2D eigenvalue weighted by atomic mass is 9.86. The zero-order chi connectivity index (χ0) is 15.3. The van der Waals surface area contributed by atoms with E-state index in [4.69, 9.17) is 0 Å². The highest BCUT2D eigenvalue weighted by molar-refractivity contribution is 5.94. The summed E-state index contributed by atoms with van der Waals surface area (Å²) in [5, 5.41) is 15.6. The maximum absolute atomic E-state index is 11.8. The number of aromatic nitrogens is 1. The monoisotopic (exact) mass is 289 g/mol. The molecule has 1 saturated carbocycles. The maximum Gasteiger partial charge on any atom is 0.253 e. The number of amides is 1. The number of carbonyl (C=O) groups is 1. The van der Waals surface area contributed by atoms with Crippen molar-refractivity contribution >= 4 is 11.7 Å². The SMILES string of the molecule is C=CCNC(=O)c1ccc(N[C@@H]2CCC[C@]2(C)CO)nc1. The van der Waals surface area contributed by atoms with Gasteiger partial charge in [0, 0.05) is 24.2 Å². The minimum atomic E-state index is -0.157. The first kappa shape index (κ1) is 15.5. The lowest BCUT2D eigenvalue weighted by molar-refractivity contribution is 0.0957. The summed E-state index contributed by atoms with van der Waals surface area (Å²) in [6.07, 6.45) is 6.35. The topological polar surface area (TPSA) is 74.2 Å². The Balaban J connectivity index is 1.99. The molecule has 1 heterocycles. The molecule has 3 N–H and O–H groups in total. The lowest BCUT2D eigenvalue weighted by Gasteiger charge is -2.30. The van der Waals surface area contributed by atoms with Gasteiger partial charge in [-0.1, -0.05) is 19.4 Å². The number of aliphatic hydroxyl groups is 1. The molecule has 1 aliphatic rings. The second kappa shape index (κ2) is 6.72. The number of pyridine rings is 1. The lowest BCUT2D eigenvalue weighted by Crippen LogP contribution is -2.36. The second-order valence-corrected chi connectivity index (χ2v) is 5.83. The summed E-state index contributed by atoms with van der Waals surface area (Å²) in [5.41, 5.74) is 0.431. The minimum Gasteiger partial charge on any atom is -0.396 e. The molecule has 0 unspecified atom stereocenters. The molecular weight excluding hydrogens is 266 g/mol. The van der Waals surface area contributed by atoms with Gasteiger partial charge in [-0.25, -0.2) is 4.98 Å². The van der Waals surface area contributed by atoms with Crippen molar-refractivity contribution in [1.82, 2.24) is 10.3 Å². The number of nitrogens with zero attached hydrogens (tertiary/aromatic N) is 1. The van der Waals surface area contributed by atoms with Gasteiger partial charge in [0.1, 0.15) is 5.82 Å². The zero-order valence-electron chi connectivity index (χ0n) is 12.4. The first-order valence-corrected chi connectivity index (χ1v) is 7.31. The van der Waals surface area contributed by atoms with E-state index in [0.717, 1.165) is 25.1 Å². The Bertz CT molecular complexity index is 501. The minimum absolute atomic E-state index is 0.0955. The molecule has 5 heteroatoms. The molecule has 1 fully saturated rings. The third-order valence-electron chi connectivity index (χ3n) is 4.20. The number of hydrogen-bond donors (Lipinski definition) is 3. The highest BCUT2D eigenvalue weighted by atomic mass is 16.3. The summed E-state index contributed by atoms with van der Waals surface area (Å²) >= 11 is 0. The average molecular weight is 289 g/mol. The number of nitrogens with one attached hydrogen (secondary N) is 2. The molecule has 1 aliphatic carbocycles. The van der Waals surface area contributed by atoms with Crippen LogP contribution in [0.4, 0.5) is 5.82 Å². The van der Waals surface area contributed by atoms with Gasteiger partial charge in [-0.3, -0.25) is 4.79 Å². The fourth-order valence-electron chi connectivity index (χ4n) is 2.73. The molecule has 21 heavy (non-hydrogen) atoms. The van der Waals surface area contributed by atoms with Crippen LogP contribution in [-0.4, -0.2) is 35.2 Å². The van der Waals surface area contributed by atoms with Gasteiger partial charge in [0.25, 0.3) is 5.91 Å². The third-order valence-corrected chi connectivity index (χ3v) is 4.20. The van der Waals surface area contributed by atoms with Gasteiger partial charge in [0.2, 0.25) is 0 Å². The molecule has 1 amide bonds. The number of anilines is 1. The number of rotatable bonds is 6. The van der Waals surface area contributed by atoms with E-state index < -0.39 is 0 Å². The van der Waals surface area contributed by atoms with E-state index in [1.54, 1.807) is 24.4 Å². The van der Waals surface area contributed by atoms with Gasteiger partial charge in [-0.05, 0) is 25.0 Å². The molecule has 1 aromatic heterocycles. The van der Waals surface area contributed by atoms with Crippen molar-refractivity contribution in [3.8, 4) is 0 Å². The fraction of sp³-hybridized carbons (Fsp3) is 0.500. The normalized spacial score (nSPS) is 24.6. The van der Waals surface area contributed by atoms with Gasteiger partial charge >= 0.3 is 0 Å². The van der Waals surface area contributed by atoms with Gasteiger partial charge in [-0.15, -0.1) is 6.58 Å². The van der Waals surface area contributed by atoms with E-state index in [2.05, 4.69) is 29.1 Å². The molecule has 0 radical (unpaired) electrons. The van der Waals surface area contributed by atoms with E-state index in [9.17, 15) is 9.90 Å². The first-order valence-electron chi connectivity index (χ1n) is 7.31. The predicted molar refractivity (Wildman–Crippen MR) is 83.2 cm³/mol. The molecule has 0 aromatic carbocycles. The van der Waals surface area contributed by atoms with E-state index in [1.165, 1.54) is 0 Å². The van der Waals surface area contributed by atoms with E-state index in [0.29, 0.717) is 12.1 Å². The molecule has 0 saturated heterocycles. The summed E-state index contributed by atoms with van der Waals surface area (Å²) in [5.74, 6) is 0.580. The summed E-state index contributed by atoms with van der Waals surface area (Å²) in [6.45, 7) is 6.26. The Hall–Kier alpha value is -1.88. The molecule has 0 spiro atoms. The summed E-state index contributed by atoms with van der Waals surface area (Å²) in [4.78, 5) is 16.0. The summed E-state index contributed by atoms with van der Waals surface area (Å²) in [7, 11) is 0. The van der Waals surface area contributed by atoms with Crippen molar-refractivity contribution in [2.45, 2.75) is 32.2 Å². The molecule has 0 aliphatic heterocycles. The Morgan fingerprint density at radius 2 is 2.43 bits per heavy atom. The van der Waals surface area contributed by atoms with Crippen molar-refractivity contribution in [3.63, 3.8) is 0 Å². The third kappa shape index (κ3) is 3.61. The maximum atomic E-state index is 11.8. The van der Waals surface area contributed by atoms with Gasteiger partial charge in [0.15, 0.2) is 0 Å². The van der Waals surface area contributed by atoms with Crippen LogP contribution in [0.25, 0.3) is 0 Å². The standard InChI is InChI=1S/C16H23N3O2/c1-3-9-17-15(21)12-6-7-14(18-10-12)19-13-5-4-8-16(13,2)11-20/h3,6-7,10,13,20H,1,4-5,8-9,11H2,2H3,(H,17,21)(H,18,19)/t13-,16-/m1/s1. The summed E-state index contributed by atoms with van der Waals surface area (Å²) < 4.78 is 0. The number of carbonyl (C=O) groups excluding carboxylic acids is 1. The van der Waals surface area contributed by atoms with Crippen LogP contribution in [-0.2, 0) is 0 Å². The molecule has 2 atom stereocenters. The fourth-order valence-corrected chi connectivity index (χ4v) is 2.73. The van der Waals surface area contributed by atoms with Gasteiger partial charge < -0.3 is 15.7 Å². The Morgan fingerprint density at radius 3 is 3.05 bits per heavy atom. The molecule has 114 valence electrons. The average Bonchev–Trinajstić information content (AvgIpc) is 2.87. The molecule has 2 rings (SSSR count). The largest absolute Gasteiger partial charge is 0.396 e.